The van der Waals surface area contributed by atoms with Crippen LogP contribution in [0.2, 0.25) is 0 Å². The van der Waals surface area contributed by atoms with Crippen molar-refractivity contribution in [1.82, 2.24) is 10.3 Å². The zero-order valence-corrected chi connectivity index (χ0v) is 13.2. The molecule has 21 heavy (non-hydrogen) atoms. The minimum atomic E-state index is 0.0267. The summed E-state index contributed by atoms with van der Waals surface area (Å²) >= 11 is 0. The summed E-state index contributed by atoms with van der Waals surface area (Å²) in [7, 11) is 0. The molecule has 0 aromatic carbocycles. The van der Waals surface area contributed by atoms with E-state index in [0.717, 1.165) is 31.2 Å². The molecule has 0 bridgehead atoms. The summed E-state index contributed by atoms with van der Waals surface area (Å²) in [6.45, 7) is 4.56. The number of aromatic nitrogens is 1. The molecule has 4 heteroatoms. The number of rotatable bonds is 8. The second-order valence-electron chi connectivity index (χ2n) is 6.12. The van der Waals surface area contributed by atoms with Crippen molar-refractivity contribution < 1.29 is 4.74 Å². The molecule has 1 aliphatic rings. The highest BCUT2D eigenvalue weighted by Crippen LogP contribution is 2.22. The molecule has 1 heterocycles. The van der Waals surface area contributed by atoms with Crippen LogP contribution in [0.25, 0.3) is 0 Å². The number of pyridine rings is 1. The molecule has 2 rings (SSSR count). The zero-order chi connectivity index (χ0) is 14.9. The molecule has 0 radical (unpaired) electrons. The van der Waals surface area contributed by atoms with E-state index in [2.05, 4.69) is 17.2 Å². The molecule has 1 aromatic rings. The predicted octanol–water partition coefficient (Wildman–Crippen LogP) is 2.52. The van der Waals surface area contributed by atoms with Gasteiger partial charge in [-0.15, -0.1) is 0 Å². The van der Waals surface area contributed by atoms with Crippen molar-refractivity contribution in [2.75, 3.05) is 19.7 Å². The Kier molecular flexibility index (Phi) is 6.96. The molecule has 3 N–H and O–H groups in total. The van der Waals surface area contributed by atoms with E-state index in [1.807, 2.05) is 12.3 Å². The number of nitrogens with two attached hydrogens (primary N) is 1. The Hall–Kier alpha value is -1.13. The summed E-state index contributed by atoms with van der Waals surface area (Å²) in [5, 5.41) is 3.49. The van der Waals surface area contributed by atoms with Crippen molar-refractivity contribution in [3.63, 3.8) is 0 Å². The monoisotopic (exact) mass is 291 g/mol. The van der Waals surface area contributed by atoms with Gasteiger partial charge in [0.15, 0.2) is 0 Å². The number of ether oxygens (including phenoxy) is 1. The highest BCUT2D eigenvalue weighted by atomic mass is 16.5. The first kappa shape index (κ1) is 16.2. The third-order valence-electron chi connectivity index (χ3n) is 4.21. The van der Waals surface area contributed by atoms with Crippen LogP contribution in [0.15, 0.2) is 18.5 Å². The van der Waals surface area contributed by atoms with E-state index < -0.39 is 0 Å². The Morgan fingerprint density at radius 2 is 2.14 bits per heavy atom. The Morgan fingerprint density at radius 1 is 1.33 bits per heavy atom. The van der Waals surface area contributed by atoms with Crippen LogP contribution < -0.4 is 15.8 Å². The zero-order valence-electron chi connectivity index (χ0n) is 13.2. The maximum atomic E-state index is 6.10. The van der Waals surface area contributed by atoms with Crippen molar-refractivity contribution in [1.29, 1.82) is 0 Å². The second kappa shape index (κ2) is 9.00. The van der Waals surface area contributed by atoms with Crippen molar-refractivity contribution in [3.05, 3.63) is 24.0 Å². The molecule has 0 spiro atoms. The minimum absolute atomic E-state index is 0.0267. The van der Waals surface area contributed by atoms with E-state index in [9.17, 15) is 0 Å². The maximum Gasteiger partial charge on any atom is 0.137 e. The number of hydrogen-bond donors (Lipinski definition) is 2. The first-order valence-corrected chi connectivity index (χ1v) is 8.31. The average Bonchev–Trinajstić information content (AvgIpc) is 2.54. The molecule has 118 valence electrons. The van der Waals surface area contributed by atoms with Crippen molar-refractivity contribution >= 4 is 0 Å². The Bertz CT molecular complexity index is 405. The number of nitrogens with one attached hydrogen (secondary N) is 1. The van der Waals surface area contributed by atoms with Gasteiger partial charge < -0.3 is 15.8 Å². The fraction of sp³-hybridized carbons (Fsp3) is 0.706. The molecule has 1 aliphatic carbocycles. The molecule has 0 saturated heterocycles. The maximum absolute atomic E-state index is 6.10. The Morgan fingerprint density at radius 3 is 2.90 bits per heavy atom. The van der Waals surface area contributed by atoms with Crippen LogP contribution in [-0.2, 0) is 6.42 Å². The van der Waals surface area contributed by atoms with Gasteiger partial charge in [-0.1, -0.05) is 26.2 Å². The predicted molar refractivity (Wildman–Crippen MR) is 86.5 cm³/mol. The molecule has 1 aromatic heterocycles. The van der Waals surface area contributed by atoms with Crippen LogP contribution in [0, 0.1) is 5.92 Å². The lowest BCUT2D eigenvalue weighted by molar-refractivity contribution is 0.276. The number of nitrogens with zero attached hydrogens (tertiary/aromatic N) is 1. The van der Waals surface area contributed by atoms with E-state index in [4.69, 9.17) is 10.5 Å². The van der Waals surface area contributed by atoms with Crippen LogP contribution in [-0.4, -0.2) is 30.7 Å². The number of aryl methyl sites for hydroxylation is 1. The highest BCUT2D eigenvalue weighted by Gasteiger charge is 2.13. The molecular weight excluding hydrogens is 262 g/mol. The summed E-state index contributed by atoms with van der Waals surface area (Å²) in [5.41, 5.74) is 7.29. The molecule has 0 aliphatic heterocycles. The molecule has 1 atom stereocenters. The lowest BCUT2D eigenvalue weighted by Gasteiger charge is -2.22. The standard InChI is InChI=1S/C17H29N3O/c1-2-14-8-17(12-20-9-14)21-13-16(18)11-19-10-15-6-4-3-5-7-15/h8-9,12,15-16,19H,2-7,10-11,13,18H2,1H3/t16-/m0/s1. The van der Waals surface area contributed by atoms with Gasteiger partial charge in [0.25, 0.3) is 0 Å². The molecule has 4 nitrogen and oxygen atoms in total. The average molecular weight is 291 g/mol. The fourth-order valence-electron chi connectivity index (χ4n) is 2.86. The van der Waals surface area contributed by atoms with Gasteiger partial charge in [-0.3, -0.25) is 4.98 Å². The lowest BCUT2D eigenvalue weighted by Crippen LogP contribution is -2.40. The molecule has 1 fully saturated rings. The lowest BCUT2D eigenvalue weighted by atomic mass is 9.89. The third-order valence-corrected chi connectivity index (χ3v) is 4.21. The summed E-state index contributed by atoms with van der Waals surface area (Å²) in [4.78, 5) is 4.18. The number of hydrogen-bond acceptors (Lipinski definition) is 4. The van der Waals surface area contributed by atoms with Crippen LogP contribution in [0.4, 0.5) is 0 Å². The Labute approximate surface area is 128 Å². The van der Waals surface area contributed by atoms with Gasteiger partial charge in [-0.2, -0.15) is 0 Å². The normalized spacial score (nSPS) is 17.6. The van der Waals surface area contributed by atoms with E-state index >= 15 is 0 Å². The summed E-state index contributed by atoms with van der Waals surface area (Å²) < 4.78 is 5.73. The topological polar surface area (TPSA) is 60.2 Å². The SMILES string of the molecule is CCc1cncc(OC[C@@H](N)CNCC2CCCCC2)c1. The van der Waals surface area contributed by atoms with Crippen LogP contribution >= 0.6 is 0 Å². The van der Waals surface area contributed by atoms with E-state index in [-0.39, 0.29) is 6.04 Å². The van der Waals surface area contributed by atoms with E-state index in [1.54, 1.807) is 6.20 Å². The summed E-state index contributed by atoms with van der Waals surface area (Å²) in [6.07, 6.45) is 11.5. The quantitative estimate of drug-likeness (QED) is 0.772. The van der Waals surface area contributed by atoms with Gasteiger partial charge in [0.1, 0.15) is 12.4 Å². The van der Waals surface area contributed by atoms with Crippen LogP contribution in [0.5, 0.6) is 5.75 Å². The smallest absolute Gasteiger partial charge is 0.137 e. The fourth-order valence-corrected chi connectivity index (χ4v) is 2.86. The first-order valence-electron chi connectivity index (χ1n) is 8.31. The van der Waals surface area contributed by atoms with E-state index in [0.29, 0.717) is 6.61 Å². The van der Waals surface area contributed by atoms with Crippen molar-refractivity contribution in [3.8, 4) is 5.75 Å². The van der Waals surface area contributed by atoms with Gasteiger partial charge >= 0.3 is 0 Å². The molecule has 0 unspecified atom stereocenters. The highest BCUT2D eigenvalue weighted by molar-refractivity contribution is 5.23. The van der Waals surface area contributed by atoms with Gasteiger partial charge in [-0.05, 0) is 43.4 Å². The van der Waals surface area contributed by atoms with Gasteiger partial charge in [0.05, 0.1) is 12.2 Å². The minimum Gasteiger partial charge on any atom is -0.490 e. The van der Waals surface area contributed by atoms with Crippen molar-refractivity contribution in [2.24, 2.45) is 11.7 Å². The molecule has 1 saturated carbocycles. The molecular formula is C17H29N3O. The van der Waals surface area contributed by atoms with E-state index in [1.165, 1.54) is 37.7 Å². The largest absolute Gasteiger partial charge is 0.490 e. The van der Waals surface area contributed by atoms with Crippen LogP contribution in [0.3, 0.4) is 0 Å². The second-order valence-corrected chi connectivity index (χ2v) is 6.12. The van der Waals surface area contributed by atoms with Gasteiger partial charge in [-0.25, -0.2) is 0 Å². The molecule has 0 amide bonds. The van der Waals surface area contributed by atoms with Crippen molar-refractivity contribution in [2.45, 2.75) is 51.5 Å². The first-order chi connectivity index (χ1) is 10.3. The summed E-state index contributed by atoms with van der Waals surface area (Å²) in [5.74, 6) is 1.66. The summed E-state index contributed by atoms with van der Waals surface area (Å²) in [6, 6.07) is 2.06. The third kappa shape index (κ3) is 6.02. The van der Waals surface area contributed by atoms with Gasteiger partial charge in [0.2, 0.25) is 0 Å². The van der Waals surface area contributed by atoms with Gasteiger partial charge in [0, 0.05) is 12.7 Å². The Balaban J connectivity index is 1.61. The van der Waals surface area contributed by atoms with Crippen LogP contribution in [0.1, 0.15) is 44.6 Å².